The highest BCUT2D eigenvalue weighted by Crippen LogP contribution is 2.40. The molecule has 0 radical (unpaired) electrons. The predicted molar refractivity (Wildman–Crippen MR) is 112 cm³/mol. The Morgan fingerprint density at radius 3 is 2.32 bits per heavy atom. The smallest absolute Gasteiger partial charge is 0.254 e. The Bertz CT molecular complexity index is 849. The molecule has 2 saturated heterocycles. The number of hydrogen-bond acceptors (Lipinski definition) is 4. The van der Waals surface area contributed by atoms with E-state index in [9.17, 15) is 4.79 Å². The third kappa shape index (κ3) is 3.78. The minimum Gasteiger partial charge on any atom is -0.336 e. The van der Waals surface area contributed by atoms with Gasteiger partial charge < -0.3 is 9.80 Å². The van der Waals surface area contributed by atoms with Crippen LogP contribution in [0.2, 0.25) is 0 Å². The highest BCUT2D eigenvalue weighted by atomic mass is 16.2. The third-order valence-corrected chi connectivity index (χ3v) is 6.55. The Labute approximate surface area is 167 Å². The molecule has 0 N–H and O–H groups in total. The molecule has 3 aliphatic rings. The van der Waals surface area contributed by atoms with E-state index in [0.717, 1.165) is 54.9 Å². The maximum Gasteiger partial charge on any atom is 0.254 e. The van der Waals surface area contributed by atoms with Crippen molar-refractivity contribution in [1.29, 1.82) is 0 Å². The standard InChI is InChI=1S/C23H30N4O/c28-23(27-15-13-26(14-16-27)12-11-25-9-3-4-10-25)20-17-22(18-7-8-18)24-21-6-2-1-5-19(20)21/h1-2,5-6,17-18H,3-4,7-16H2. The molecule has 2 aliphatic heterocycles. The number of nitrogens with zero attached hydrogens (tertiary/aromatic N) is 4. The molecule has 2 aromatic rings. The van der Waals surface area contributed by atoms with Crippen molar-refractivity contribution in [3.8, 4) is 0 Å². The summed E-state index contributed by atoms with van der Waals surface area (Å²) in [6.45, 7) is 8.45. The SMILES string of the molecule is O=C(c1cc(C2CC2)nc2ccccc12)N1CCN(CCN2CCCC2)CC1. The topological polar surface area (TPSA) is 39.7 Å². The van der Waals surface area contributed by atoms with E-state index < -0.39 is 0 Å². The van der Waals surface area contributed by atoms with E-state index in [1.54, 1.807) is 0 Å². The highest BCUT2D eigenvalue weighted by Gasteiger charge is 2.29. The second-order valence-corrected chi connectivity index (χ2v) is 8.57. The lowest BCUT2D eigenvalue weighted by Gasteiger charge is -2.35. The van der Waals surface area contributed by atoms with Gasteiger partial charge in [-0.15, -0.1) is 0 Å². The second-order valence-electron chi connectivity index (χ2n) is 8.57. The van der Waals surface area contributed by atoms with Crippen molar-refractivity contribution in [2.75, 3.05) is 52.4 Å². The summed E-state index contributed by atoms with van der Waals surface area (Å²) in [6.07, 6.45) is 5.11. The van der Waals surface area contributed by atoms with Gasteiger partial charge in [-0.1, -0.05) is 18.2 Å². The number of rotatable bonds is 5. The fourth-order valence-electron chi connectivity index (χ4n) is 4.60. The van der Waals surface area contributed by atoms with Crippen LogP contribution in [0.1, 0.15) is 47.7 Å². The summed E-state index contributed by atoms with van der Waals surface area (Å²) in [5, 5.41) is 0.994. The normalized spacial score (nSPS) is 21.5. The molecule has 1 amide bonds. The monoisotopic (exact) mass is 378 g/mol. The minimum absolute atomic E-state index is 0.180. The van der Waals surface area contributed by atoms with Gasteiger partial charge in [-0.25, -0.2) is 0 Å². The van der Waals surface area contributed by atoms with Crippen molar-refractivity contribution in [1.82, 2.24) is 19.7 Å². The zero-order valence-electron chi connectivity index (χ0n) is 16.6. The van der Waals surface area contributed by atoms with Crippen LogP contribution in [-0.2, 0) is 0 Å². The van der Waals surface area contributed by atoms with Gasteiger partial charge in [-0.05, 0) is 50.9 Å². The van der Waals surface area contributed by atoms with Gasteiger partial charge in [0.15, 0.2) is 0 Å². The number of aromatic nitrogens is 1. The van der Waals surface area contributed by atoms with E-state index in [1.165, 1.54) is 45.3 Å². The third-order valence-electron chi connectivity index (χ3n) is 6.55. The first-order chi connectivity index (χ1) is 13.8. The lowest BCUT2D eigenvalue weighted by molar-refractivity contribution is 0.0628. The average molecular weight is 379 g/mol. The van der Waals surface area contributed by atoms with Gasteiger partial charge in [-0.2, -0.15) is 0 Å². The molecule has 1 aromatic heterocycles. The van der Waals surface area contributed by atoms with Gasteiger partial charge in [0, 0.05) is 56.3 Å². The van der Waals surface area contributed by atoms with Gasteiger partial charge in [0.1, 0.15) is 0 Å². The van der Waals surface area contributed by atoms with E-state index in [-0.39, 0.29) is 5.91 Å². The molecule has 0 unspecified atom stereocenters. The first kappa shape index (κ1) is 18.1. The van der Waals surface area contributed by atoms with Crippen molar-refractivity contribution in [2.45, 2.75) is 31.6 Å². The number of benzene rings is 1. The first-order valence-corrected chi connectivity index (χ1v) is 10.9. The van der Waals surface area contributed by atoms with E-state index in [2.05, 4.69) is 15.9 Å². The van der Waals surface area contributed by atoms with Crippen LogP contribution in [-0.4, -0.2) is 77.9 Å². The number of hydrogen-bond donors (Lipinski definition) is 0. The Morgan fingerprint density at radius 1 is 0.929 bits per heavy atom. The van der Waals surface area contributed by atoms with Crippen LogP contribution in [0.25, 0.3) is 10.9 Å². The quantitative estimate of drug-likeness (QED) is 0.802. The largest absolute Gasteiger partial charge is 0.336 e. The number of pyridine rings is 1. The van der Waals surface area contributed by atoms with Crippen molar-refractivity contribution < 1.29 is 4.79 Å². The summed E-state index contributed by atoms with van der Waals surface area (Å²) in [5.41, 5.74) is 2.91. The van der Waals surface area contributed by atoms with Gasteiger partial charge in [0.05, 0.1) is 11.1 Å². The Balaban J connectivity index is 1.26. The number of piperazine rings is 1. The molecule has 1 saturated carbocycles. The van der Waals surface area contributed by atoms with Crippen LogP contribution < -0.4 is 0 Å². The molecule has 1 aromatic carbocycles. The number of likely N-dealkylation sites (tertiary alicyclic amines) is 1. The van der Waals surface area contributed by atoms with Crippen LogP contribution in [0.4, 0.5) is 0 Å². The van der Waals surface area contributed by atoms with E-state index in [0.29, 0.717) is 5.92 Å². The lowest BCUT2D eigenvalue weighted by atomic mass is 10.0. The highest BCUT2D eigenvalue weighted by molar-refractivity contribution is 6.06. The average Bonchev–Trinajstić information content (AvgIpc) is 3.47. The van der Waals surface area contributed by atoms with Crippen molar-refractivity contribution in [2.24, 2.45) is 0 Å². The van der Waals surface area contributed by atoms with Crippen molar-refractivity contribution in [3.05, 3.63) is 41.6 Å². The second kappa shape index (κ2) is 7.80. The molecule has 28 heavy (non-hydrogen) atoms. The van der Waals surface area contributed by atoms with E-state index in [4.69, 9.17) is 4.98 Å². The summed E-state index contributed by atoms with van der Waals surface area (Å²) in [4.78, 5) is 25.3. The number of carbonyl (C=O) groups is 1. The van der Waals surface area contributed by atoms with Crippen LogP contribution >= 0.6 is 0 Å². The fourth-order valence-corrected chi connectivity index (χ4v) is 4.60. The Hall–Kier alpha value is -1.98. The summed E-state index contributed by atoms with van der Waals surface area (Å²) < 4.78 is 0. The summed E-state index contributed by atoms with van der Waals surface area (Å²) >= 11 is 0. The van der Waals surface area contributed by atoms with E-state index in [1.807, 2.05) is 29.2 Å². The van der Waals surface area contributed by atoms with Gasteiger partial charge in [0.2, 0.25) is 0 Å². The van der Waals surface area contributed by atoms with Gasteiger partial charge >= 0.3 is 0 Å². The van der Waals surface area contributed by atoms with Crippen LogP contribution in [0, 0.1) is 0 Å². The summed E-state index contributed by atoms with van der Waals surface area (Å²) in [7, 11) is 0. The number of fused-ring (bicyclic) bond motifs is 1. The Morgan fingerprint density at radius 2 is 1.61 bits per heavy atom. The van der Waals surface area contributed by atoms with E-state index >= 15 is 0 Å². The number of amides is 1. The molecule has 5 heteroatoms. The van der Waals surface area contributed by atoms with Gasteiger partial charge in [0.25, 0.3) is 5.91 Å². The molecule has 1 aliphatic carbocycles. The molecule has 3 fully saturated rings. The lowest BCUT2D eigenvalue weighted by Crippen LogP contribution is -2.50. The molecular formula is C23H30N4O. The molecule has 0 atom stereocenters. The maximum atomic E-state index is 13.4. The summed E-state index contributed by atoms with van der Waals surface area (Å²) in [5.74, 6) is 0.735. The van der Waals surface area contributed by atoms with Crippen molar-refractivity contribution in [3.63, 3.8) is 0 Å². The molecule has 3 heterocycles. The van der Waals surface area contributed by atoms with Crippen LogP contribution in [0.3, 0.4) is 0 Å². The van der Waals surface area contributed by atoms with Crippen LogP contribution in [0.5, 0.6) is 0 Å². The predicted octanol–water partition coefficient (Wildman–Crippen LogP) is 2.97. The van der Waals surface area contributed by atoms with Crippen molar-refractivity contribution >= 4 is 16.8 Å². The Kier molecular flexibility index (Phi) is 5.03. The molecule has 0 spiro atoms. The minimum atomic E-state index is 0.180. The fraction of sp³-hybridized carbons (Fsp3) is 0.565. The molecule has 5 nitrogen and oxygen atoms in total. The summed E-state index contributed by atoms with van der Waals surface area (Å²) in [6, 6.07) is 10.2. The zero-order chi connectivity index (χ0) is 18.9. The first-order valence-electron chi connectivity index (χ1n) is 10.9. The van der Waals surface area contributed by atoms with Crippen LogP contribution in [0.15, 0.2) is 30.3 Å². The maximum absolute atomic E-state index is 13.4. The molecule has 148 valence electrons. The zero-order valence-corrected chi connectivity index (χ0v) is 16.6. The number of carbonyl (C=O) groups excluding carboxylic acids is 1. The van der Waals surface area contributed by atoms with Gasteiger partial charge in [-0.3, -0.25) is 14.7 Å². The molecule has 5 rings (SSSR count). The number of para-hydroxylation sites is 1. The molecule has 0 bridgehead atoms. The molecular weight excluding hydrogens is 348 g/mol.